The van der Waals surface area contributed by atoms with Crippen LogP contribution in [0.15, 0.2) is 8.58 Å². The Morgan fingerprint density at radius 3 is 2.33 bits per heavy atom. The fourth-order valence-corrected chi connectivity index (χ4v) is 2.06. The summed E-state index contributed by atoms with van der Waals surface area (Å²) >= 11 is 4.68. The van der Waals surface area contributed by atoms with E-state index in [4.69, 9.17) is 0 Å². The Labute approximate surface area is 65.4 Å². The molecule has 0 aliphatic rings. The van der Waals surface area contributed by atoms with Crippen LogP contribution in [0.5, 0.6) is 0 Å². The van der Waals surface area contributed by atoms with Crippen molar-refractivity contribution >= 4 is 27.5 Å². The van der Waals surface area contributed by atoms with E-state index in [0.717, 1.165) is 9.35 Å². The maximum Gasteiger partial charge on any atom is 0.264 e. The molecule has 0 aliphatic carbocycles. The van der Waals surface area contributed by atoms with Crippen molar-refractivity contribution in [2.45, 2.75) is 6.92 Å². The van der Waals surface area contributed by atoms with Crippen molar-refractivity contribution in [3.63, 3.8) is 0 Å². The lowest BCUT2D eigenvalue weighted by atomic mass is 10.4. The highest BCUT2D eigenvalue weighted by Crippen LogP contribution is 2.17. The smallest absolute Gasteiger partial charge is 0.264 e. The van der Waals surface area contributed by atoms with Gasteiger partial charge in [-0.25, -0.2) is 0 Å². The van der Waals surface area contributed by atoms with Gasteiger partial charge >= 0.3 is 0 Å². The van der Waals surface area contributed by atoms with E-state index in [1.54, 1.807) is 11.0 Å². The van der Waals surface area contributed by atoms with Crippen LogP contribution in [0.3, 0.4) is 0 Å². The van der Waals surface area contributed by atoms with Crippen LogP contribution in [0.1, 0.15) is 5.56 Å². The number of nitrogens with zero attached hydrogens (tertiary/aromatic N) is 1. The van der Waals surface area contributed by atoms with Crippen LogP contribution >= 0.6 is 27.5 Å². The number of aryl methyl sites for hydroxylation is 1. The summed E-state index contributed by atoms with van der Waals surface area (Å²) in [5, 5.41) is 0. The summed E-state index contributed by atoms with van der Waals surface area (Å²) in [5.74, 6) is 0. The highest BCUT2D eigenvalue weighted by atomic mass is 79.9. The monoisotopic (exact) mass is 207 g/mol. The Bertz CT molecular complexity index is 275. The summed E-state index contributed by atoms with van der Waals surface area (Å²) in [6.07, 6.45) is 0. The van der Waals surface area contributed by atoms with Gasteiger partial charge < -0.3 is 0 Å². The zero-order chi connectivity index (χ0) is 7.02. The minimum atomic E-state index is 0.0897. The Kier molecular flexibility index (Phi) is 1.77. The lowest BCUT2D eigenvalue weighted by Gasteiger charge is -1.78. The van der Waals surface area contributed by atoms with E-state index >= 15 is 0 Å². The van der Waals surface area contributed by atoms with Gasteiger partial charge in [-0.15, -0.1) is 0 Å². The van der Waals surface area contributed by atoms with E-state index in [1.165, 1.54) is 11.5 Å². The highest BCUT2D eigenvalue weighted by molar-refractivity contribution is 9.11. The first-order valence-electron chi connectivity index (χ1n) is 2.45. The van der Waals surface area contributed by atoms with Gasteiger partial charge in [-0.2, -0.15) is 0 Å². The molecule has 0 saturated heterocycles. The molecule has 2 nitrogen and oxygen atoms in total. The molecule has 0 aromatic carbocycles. The summed E-state index contributed by atoms with van der Waals surface area (Å²) in [6, 6.07) is 0. The normalized spacial score (nSPS) is 10.1. The molecule has 0 N–H and O–H groups in total. The Balaban J connectivity index is 3.48. The minimum absolute atomic E-state index is 0.0897. The second-order valence-electron chi connectivity index (χ2n) is 1.79. The predicted octanol–water partition coefficient (Wildman–Crippen LogP) is 1.52. The van der Waals surface area contributed by atoms with E-state index in [2.05, 4.69) is 15.9 Å². The molecule has 0 atom stereocenters. The van der Waals surface area contributed by atoms with Gasteiger partial charge in [0.1, 0.15) is 0 Å². The maximum atomic E-state index is 10.9. The Morgan fingerprint density at radius 1 is 1.67 bits per heavy atom. The van der Waals surface area contributed by atoms with Crippen molar-refractivity contribution in [3.8, 4) is 0 Å². The predicted molar refractivity (Wildman–Crippen MR) is 42.0 cm³/mol. The average Bonchev–Trinajstić information content (AvgIpc) is 1.98. The van der Waals surface area contributed by atoms with Gasteiger partial charge in [0.25, 0.3) is 5.56 Å². The van der Waals surface area contributed by atoms with Crippen LogP contribution < -0.4 is 5.56 Å². The van der Waals surface area contributed by atoms with E-state index in [0.29, 0.717) is 0 Å². The molecule has 0 spiro atoms. The van der Waals surface area contributed by atoms with Crippen molar-refractivity contribution in [1.82, 2.24) is 3.96 Å². The lowest BCUT2D eigenvalue weighted by molar-refractivity contribution is 0.969. The largest absolute Gasteiger partial charge is 0.268 e. The van der Waals surface area contributed by atoms with E-state index in [-0.39, 0.29) is 5.56 Å². The molecule has 1 aromatic rings. The van der Waals surface area contributed by atoms with Crippen molar-refractivity contribution < 1.29 is 0 Å². The quantitative estimate of drug-likeness (QED) is 0.633. The molecule has 0 unspecified atom stereocenters. The third-order valence-corrected chi connectivity index (χ3v) is 3.05. The molecule has 9 heavy (non-hydrogen) atoms. The molecule has 0 aliphatic heterocycles. The molecular formula is C5H6BrNOS. The van der Waals surface area contributed by atoms with E-state index < -0.39 is 0 Å². The standard InChI is InChI=1S/C5H6BrNOS/c1-3-4(6)9-7(2)5(3)8/h1-2H3. The van der Waals surface area contributed by atoms with Crippen LogP contribution in [-0.4, -0.2) is 3.96 Å². The van der Waals surface area contributed by atoms with Crippen LogP contribution in [-0.2, 0) is 7.05 Å². The molecule has 0 fully saturated rings. The summed E-state index contributed by atoms with van der Waals surface area (Å²) in [7, 11) is 1.75. The summed E-state index contributed by atoms with van der Waals surface area (Å²) in [4.78, 5) is 10.9. The Hall–Kier alpha value is -0.0900. The van der Waals surface area contributed by atoms with Crippen LogP contribution in [0.2, 0.25) is 0 Å². The third kappa shape index (κ3) is 1.09. The molecule has 1 aromatic heterocycles. The maximum absolute atomic E-state index is 10.9. The molecule has 0 radical (unpaired) electrons. The van der Waals surface area contributed by atoms with Crippen LogP contribution in [0, 0.1) is 6.92 Å². The number of rotatable bonds is 0. The number of hydrogen-bond donors (Lipinski definition) is 0. The van der Waals surface area contributed by atoms with Crippen molar-refractivity contribution in [3.05, 3.63) is 19.7 Å². The fourth-order valence-electron chi connectivity index (χ4n) is 0.550. The minimum Gasteiger partial charge on any atom is -0.268 e. The third-order valence-electron chi connectivity index (χ3n) is 1.12. The first-order chi connectivity index (χ1) is 4.13. The van der Waals surface area contributed by atoms with Gasteiger partial charge in [0, 0.05) is 12.6 Å². The average molecular weight is 208 g/mol. The van der Waals surface area contributed by atoms with Crippen molar-refractivity contribution in [2.75, 3.05) is 0 Å². The van der Waals surface area contributed by atoms with Gasteiger partial charge in [0.15, 0.2) is 0 Å². The first-order valence-corrected chi connectivity index (χ1v) is 4.02. The topological polar surface area (TPSA) is 22.0 Å². The van der Waals surface area contributed by atoms with Crippen LogP contribution in [0.25, 0.3) is 0 Å². The fraction of sp³-hybridized carbons (Fsp3) is 0.400. The molecule has 0 bridgehead atoms. The molecule has 50 valence electrons. The lowest BCUT2D eigenvalue weighted by Crippen LogP contribution is -2.10. The van der Waals surface area contributed by atoms with Gasteiger partial charge in [0.05, 0.1) is 3.79 Å². The number of halogens is 1. The first kappa shape index (κ1) is 7.02. The summed E-state index contributed by atoms with van der Waals surface area (Å²) in [5.41, 5.74) is 0.884. The second kappa shape index (κ2) is 2.27. The molecule has 0 saturated carbocycles. The molecule has 0 amide bonds. The summed E-state index contributed by atoms with van der Waals surface area (Å²) < 4.78 is 2.52. The van der Waals surface area contributed by atoms with E-state index in [1.807, 2.05) is 6.92 Å². The van der Waals surface area contributed by atoms with E-state index in [9.17, 15) is 4.79 Å². The number of aromatic nitrogens is 1. The molecule has 1 rings (SSSR count). The van der Waals surface area contributed by atoms with Gasteiger partial charge in [-0.05, 0) is 34.4 Å². The SMILES string of the molecule is Cc1c(Br)sn(C)c1=O. The molecule has 4 heteroatoms. The van der Waals surface area contributed by atoms with Crippen LogP contribution in [0.4, 0.5) is 0 Å². The molecular weight excluding hydrogens is 202 g/mol. The van der Waals surface area contributed by atoms with Gasteiger partial charge in [-0.3, -0.25) is 8.75 Å². The van der Waals surface area contributed by atoms with Crippen molar-refractivity contribution in [2.24, 2.45) is 7.05 Å². The van der Waals surface area contributed by atoms with Crippen molar-refractivity contribution in [1.29, 1.82) is 0 Å². The van der Waals surface area contributed by atoms with Gasteiger partial charge in [0.2, 0.25) is 0 Å². The zero-order valence-corrected chi connectivity index (χ0v) is 7.54. The summed E-state index contributed by atoms with van der Waals surface area (Å²) in [6.45, 7) is 1.81. The Morgan fingerprint density at radius 2 is 2.22 bits per heavy atom. The number of hydrogen-bond acceptors (Lipinski definition) is 2. The molecule has 1 heterocycles. The highest BCUT2D eigenvalue weighted by Gasteiger charge is 2.03. The van der Waals surface area contributed by atoms with Gasteiger partial charge in [-0.1, -0.05) is 0 Å². The second-order valence-corrected chi connectivity index (χ2v) is 4.25. The zero-order valence-electron chi connectivity index (χ0n) is 5.14.